The Morgan fingerprint density at radius 1 is 1.33 bits per heavy atom. The van der Waals surface area contributed by atoms with Crippen LogP contribution in [0.4, 0.5) is 10.1 Å². The highest BCUT2D eigenvalue weighted by atomic mass is 19.1. The standard InChI is InChI=1S/C15H19FN2/c1-15(8-3-2-4-9-15)11-18-14-7-5-6-13(16)12(14)10-17/h5-7,18H,2-4,8-9,11H2,1H3. The quantitative estimate of drug-likeness (QED) is 0.872. The van der Waals surface area contributed by atoms with Crippen molar-refractivity contribution in [2.75, 3.05) is 11.9 Å². The van der Waals surface area contributed by atoms with E-state index in [1.54, 1.807) is 12.1 Å². The van der Waals surface area contributed by atoms with Gasteiger partial charge in [0.2, 0.25) is 0 Å². The second-order valence-corrected chi connectivity index (χ2v) is 5.50. The third kappa shape index (κ3) is 2.81. The van der Waals surface area contributed by atoms with Crippen molar-refractivity contribution in [1.29, 1.82) is 5.26 Å². The van der Waals surface area contributed by atoms with Gasteiger partial charge in [0.1, 0.15) is 17.4 Å². The van der Waals surface area contributed by atoms with Crippen molar-refractivity contribution in [2.24, 2.45) is 5.41 Å². The van der Waals surface area contributed by atoms with Gasteiger partial charge in [0.25, 0.3) is 0 Å². The number of nitrogens with zero attached hydrogens (tertiary/aromatic N) is 1. The van der Waals surface area contributed by atoms with Gasteiger partial charge in [-0.2, -0.15) is 5.26 Å². The van der Waals surface area contributed by atoms with Crippen LogP contribution >= 0.6 is 0 Å². The van der Waals surface area contributed by atoms with Gasteiger partial charge in [0.05, 0.1) is 5.69 Å². The molecule has 1 N–H and O–H groups in total. The summed E-state index contributed by atoms with van der Waals surface area (Å²) in [5.41, 5.74) is 1.01. The van der Waals surface area contributed by atoms with E-state index in [2.05, 4.69) is 12.2 Å². The fourth-order valence-electron chi connectivity index (χ4n) is 2.68. The minimum absolute atomic E-state index is 0.122. The van der Waals surface area contributed by atoms with E-state index in [0.29, 0.717) is 5.69 Å². The Bertz CT molecular complexity index is 456. The molecule has 0 amide bonds. The maximum Gasteiger partial charge on any atom is 0.143 e. The van der Waals surface area contributed by atoms with Gasteiger partial charge >= 0.3 is 0 Å². The Labute approximate surface area is 108 Å². The van der Waals surface area contributed by atoms with E-state index >= 15 is 0 Å². The smallest absolute Gasteiger partial charge is 0.143 e. The molecule has 0 saturated heterocycles. The van der Waals surface area contributed by atoms with E-state index < -0.39 is 5.82 Å². The number of benzene rings is 1. The molecular weight excluding hydrogens is 227 g/mol. The van der Waals surface area contributed by atoms with E-state index in [9.17, 15) is 4.39 Å². The first-order chi connectivity index (χ1) is 8.64. The minimum atomic E-state index is -0.448. The molecule has 0 aromatic heterocycles. The van der Waals surface area contributed by atoms with Gasteiger partial charge in [-0.1, -0.05) is 32.3 Å². The molecule has 0 spiro atoms. The maximum atomic E-state index is 13.4. The summed E-state index contributed by atoms with van der Waals surface area (Å²) in [6.45, 7) is 3.08. The van der Waals surface area contributed by atoms with E-state index in [1.807, 2.05) is 6.07 Å². The van der Waals surface area contributed by atoms with Gasteiger partial charge in [0, 0.05) is 6.54 Å². The Morgan fingerprint density at radius 2 is 2.06 bits per heavy atom. The number of hydrogen-bond acceptors (Lipinski definition) is 2. The fraction of sp³-hybridized carbons (Fsp3) is 0.533. The first-order valence-electron chi connectivity index (χ1n) is 6.57. The van der Waals surface area contributed by atoms with Crippen LogP contribution in [0, 0.1) is 22.6 Å². The van der Waals surface area contributed by atoms with Gasteiger partial charge in [-0.25, -0.2) is 4.39 Å². The molecule has 18 heavy (non-hydrogen) atoms. The molecular formula is C15H19FN2. The van der Waals surface area contributed by atoms with E-state index in [0.717, 1.165) is 6.54 Å². The Kier molecular flexibility index (Phi) is 3.86. The van der Waals surface area contributed by atoms with Crippen molar-refractivity contribution in [2.45, 2.75) is 39.0 Å². The van der Waals surface area contributed by atoms with Gasteiger partial charge in [0.15, 0.2) is 0 Å². The van der Waals surface area contributed by atoms with E-state index in [-0.39, 0.29) is 11.0 Å². The number of rotatable bonds is 3. The predicted octanol–water partition coefficient (Wildman–Crippen LogP) is 4.08. The Balaban J connectivity index is 2.06. The van der Waals surface area contributed by atoms with Gasteiger partial charge in [-0.05, 0) is 30.4 Å². The van der Waals surface area contributed by atoms with E-state index in [4.69, 9.17) is 5.26 Å². The Morgan fingerprint density at radius 3 is 2.72 bits per heavy atom. The average Bonchev–Trinajstić information content (AvgIpc) is 2.37. The Hall–Kier alpha value is -1.56. The largest absolute Gasteiger partial charge is 0.383 e. The summed E-state index contributed by atoms with van der Waals surface area (Å²) >= 11 is 0. The van der Waals surface area contributed by atoms with Gasteiger partial charge in [-0.15, -0.1) is 0 Å². The van der Waals surface area contributed by atoms with E-state index in [1.165, 1.54) is 38.2 Å². The van der Waals surface area contributed by atoms with Crippen LogP contribution in [0.15, 0.2) is 18.2 Å². The zero-order valence-corrected chi connectivity index (χ0v) is 10.8. The maximum absolute atomic E-state index is 13.4. The van der Waals surface area contributed by atoms with Crippen LogP contribution in [-0.4, -0.2) is 6.54 Å². The molecule has 0 aliphatic heterocycles. The third-order valence-electron chi connectivity index (χ3n) is 3.89. The van der Waals surface area contributed by atoms with Crippen LogP contribution in [-0.2, 0) is 0 Å². The second kappa shape index (κ2) is 5.39. The third-order valence-corrected chi connectivity index (χ3v) is 3.89. The van der Waals surface area contributed by atoms with Crippen LogP contribution in [0.1, 0.15) is 44.6 Å². The topological polar surface area (TPSA) is 35.8 Å². The molecule has 1 aliphatic rings. The van der Waals surface area contributed by atoms with Crippen molar-refractivity contribution in [3.63, 3.8) is 0 Å². The number of hydrogen-bond donors (Lipinski definition) is 1. The van der Waals surface area contributed by atoms with Crippen molar-refractivity contribution in [3.8, 4) is 6.07 Å². The summed E-state index contributed by atoms with van der Waals surface area (Å²) in [7, 11) is 0. The van der Waals surface area contributed by atoms with Crippen molar-refractivity contribution < 1.29 is 4.39 Å². The predicted molar refractivity (Wildman–Crippen MR) is 70.8 cm³/mol. The molecule has 1 aliphatic carbocycles. The summed E-state index contributed by atoms with van der Waals surface area (Å²) in [6.07, 6.45) is 6.27. The van der Waals surface area contributed by atoms with Crippen molar-refractivity contribution in [3.05, 3.63) is 29.6 Å². The lowest BCUT2D eigenvalue weighted by Gasteiger charge is -2.34. The number of anilines is 1. The highest BCUT2D eigenvalue weighted by molar-refractivity contribution is 5.57. The number of halogens is 1. The zero-order valence-electron chi connectivity index (χ0n) is 10.8. The highest BCUT2D eigenvalue weighted by Gasteiger charge is 2.26. The van der Waals surface area contributed by atoms with Crippen LogP contribution in [0.25, 0.3) is 0 Å². The molecule has 0 bridgehead atoms. The molecule has 2 nitrogen and oxygen atoms in total. The fourth-order valence-corrected chi connectivity index (χ4v) is 2.68. The van der Waals surface area contributed by atoms with Gasteiger partial charge < -0.3 is 5.32 Å². The summed E-state index contributed by atoms with van der Waals surface area (Å²) in [5.74, 6) is -0.448. The summed E-state index contributed by atoms with van der Waals surface area (Å²) in [6, 6.07) is 6.66. The molecule has 2 rings (SSSR count). The first kappa shape index (κ1) is 12.9. The molecule has 3 heteroatoms. The lowest BCUT2D eigenvalue weighted by atomic mass is 9.75. The summed E-state index contributed by atoms with van der Waals surface area (Å²) < 4.78 is 13.4. The average molecular weight is 246 g/mol. The molecule has 1 aromatic carbocycles. The van der Waals surface area contributed by atoms with Crippen molar-refractivity contribution in [1.82, 2.24) is 0 Å². The second-order valence-electron chi connectivity index (χ2n) is 5.50. The molecule has 1 aromatic rings. The van der Waals surface area contributed by atoms with Crippen LogP contribution in [0.2, 0.25) is 0 Å². The van der Waals surface area contributed by atoms with Crippen LogP contribution < -0.4 is 5.32 Å². The SMILES string of the molecule is CC1(CNc2cccc(F)c2C#N)CCCCC1. The summed E-state index contributed by atoms with van der Waals surface area (Å²) in [5, 5.41) is 12.2. The monoisotopic (exact) mass is 246 g/mol. The number of nitrogens with one attached hydrogen (secondary N) is 1. The minimum Gasteiger partial charge on any atom is -0.383 e. The highest BCUT2D eigenvalue weighted by Crippen LogP contribution is 2.36. The molecule has 0 radical (unpaired) electrons. The van der Waals surface area contributed by atoms with Crippen molar-refractivity contribution >= 4 is 5.69 Å². The summed E-state index contributed by atoms with van der Waals surface area (Å²) in [4.78, 5) is 0. The number of nitriles is 1. The van der Waals surface area contributed by atoms with Crippen LogP contribution in [0.5, 0.6) is 0 Å². The van der Waals surface area contributed by atoms with Gasteiger partial charge in [-0.3, -0.25) is 0 Å². The first-order valence-corrected chi connectivity index (χ1v) is 6.57. The molecule has 1 saturated carbocycles. The normalized spacial score (nSPS) is 18.1. The lowest BCUT2D eigenvalue weighted by molar-refractivity contribution is 0.233. The van der Waals surface area contributed by atoms with Crippen LogP contribution in [0.3, 0.4) is 0 Å². The molecule has 0 unspecified atom stereocenters. The molecule has 0 atom stereocenters. The molecule has 96 valence electrons. The molecule has 1 fully saturated rings. The lowest BCUT2D eigenvalue weighted by Crippen LogP contribution is -2.29. The zero-order chi connectivity index (χ0) is 13.0. The molecule has 0 heterocycles.